The van der Waals surface area contributed by atoms with E-state index in [9.17, 15) is 4.39 Å². The van der Waals surface area contributed by atoms with E-state index >= 15 is 0 Å². The Kier molecular flexibility index (Phi) is 4.37. The normalized spacial score (nSPS) is 12.5. The van der Waals surface area contributed by atoms with Crippen LogP contribution in [0.15, 0.2) is 18.2 Å². The molecule has 0 bridgehead atoms. The lowest BCUT2D eigenvalue weighted by Crippen LogP contribution is -2.22. The van der Waals surface area contributed by atoms with Gasteiger partial charge in [0.25, 0.3) is 0 Å². The number of rotatable bonds is 5. The molecule has 0 aromatic heterocycles. The van der Waals surface area contributed by atoms with Crippen molar-refractivity contribution in [1.82, 2.24) is 0 Å². The molecule has 15 heavy (non-hydrogen) atoms. The van der Waals surface area contributed by atoms with Gasteiger partial charge >= 0.3 is 0 Å². The van der Waals surface area contributed by atoms with Gasteiger partial charge in [0.1, 0.15) is 5.82 Å². The van der Waals surface area contributed by atoms with Gasteiger partial charge < -0.3 is 15.8 Å². The highest BCUT2D eigenvalue weighted by Gasteiger charge is 2.06. The topological polar surface area (TPSA) is 47.3 Å². The van der Waals surface area contributed by atoms with Crippen LogP contribution in [0.2, 0.25) is 0 Å². The molecule has 1 unspecified atom stereocenters. The summed E-state index contributed by atoms with van der Waals surface area (Å²) in [6, 6.07) is 4.67. The summed E-state index contributed by atoms with van der Waals surface area (Å²) in [7, 11) is 0. The molecule has 0 aliphatic rings. The zero-order valence-corrected chi connectivity index (χ0v) is 9.09. The van der Waals surface area contributed by atoms with Crippen molar-refractivity contribution >= 4 is 11.4 Å². The fourth-order valence-corrected chi connectivity index (χ4v) is 1.25. The molecule has 0 saturated heterocycles. The first-order valence-corrected chi connectivity index (χ1v) is 5.02. The number of halogens is 1. The number of nitrogen functional groups attached to an aromatic ring is 1. The zero-order valence-electron chi connectivity index (χ0n) is 9.09. The van der Waals surface area contributed by atoms with Crippen molar-refractivity contribution in [1.29, 1.82) is 0 Å². The largest absolute Gasteiger partial charge is 0.399 e. The van der Waals surface area contributed by atoms with Crippen molar-refractivity contribution in [3.8, 4) is 0 Å². The first-order chi connectivity index (χ1) is 7.13. The average molecular weight is 212 g/mol. The second-order valence-electron chi connectivity index (χ2n) is 3.44. The number of hydrogen-bond acceptors (Lipinski definition) is 3. The molecule has 0 aliphatic carbocycles. The number of nitrogens with two attached hydrogens (primary N) is 1. The Hall–Kier alpha value is -1.29. The van der Waals surface area contributed by atoms with Gasteiger partial charge in [-0.25, -0.2) is 4.39 Å². The van der Waals surface area contributed by atoms with Crippen molar-refractivity contribution in [3.63, 3.8) is 0 Å². The van der Waals surface area contributed by atoms with Crippen LogP contribution in [0.3, 0.4) is 0 Å². The summed E-state index contributed by atoms with van der Waals surface area (Å²) in [5.74, 6) is -0.335. The highest BCUT2D eigenvalue weighted by Crippen LogP contribution is 2.17. The fourth-order valence-electron chi connectivity index (χ4n) is 1.25. The predicted molar refractivity (Wildman–Crippen MR) is 60.4 cm³/mol. The Balaban J connectivity index is 2.56. The summed E-state index contributed by atoms with van der Waals surface area (Å²) in [6.45, 7) is 5.08. The summed E-state index contributed by atoms with van der Waals surface area (Å²) in [4.78, 5) is 0. The van der Waals surface area contributed by atoms with Crippen LogP contribution in [-0.4, -0.2) is 19.3 Å². The molecule has 0 heterocycles. The highest BCUT2D eigenvalue weighted by atomic mass is 19.1. The van der Waals surface area contributed by atoms with Crippen LogP contribution < -0.4 is 11.1 Å². The van der Waals surface area contributed by atoms with Gasteiger partial charge in [0.15, 0.2) is 0 Å². The monoisotopic (exact) mass is 212 g/mol. The minimum absolute atomic E-state index is 0.0723. The molecule has 0 amide bonds. The maximum absolute atomic E-state index is 13.3. The Morgan fingerprint density at radius 2 is 2.27 bits per heavy atom. The second-order valence-corrected chi connectivity index (χ2v) is 3.44. The highest BCUT2D eigenvalue weighted by molar-refractivity contribution is 5.53. The number of anilines is 2. The van der Waals surface area contributed by atoms with E-state index < -0.39 is 0 Å². The van der Waals surface area contributed by atoms with Gasteiger partial charge in [0.2, 0.25) is 0 Å². The lowest BCUT2D eigenvalue weighted by atomic mass is 10.2. The summed E-state index contributed by atoms with van der Waals surface area (Å²) in [5.41, 5.74) is 6.33. The van der Waals surface area contributed by atoms with Crippen LogP contribution in [-0.2, 0) is 4.74 Å². The SMILES string of the molecule is CCOCC(C)Nc1ccc(N)cc1F. The summed E-state index contributed by atoms with van der Waals surface area (Å²) < 4.78 is 18.6. The zero-order chi connectivity index (χ0) is 11.3. The number of hydrogen-bond donors (Lipinski definition) is 2. The molecule has 0 fully saturated rings. The van der Waals surface area contributed by atoms with Gasteiger partial charge in [0, 0.05) is 18.3 Å². The molecule has 3 nitrogen and oxygen atoms in total. The third-order valence-electron chi connectivity index (χ3n) is 1.97. The Morgan fingerprint density at radius 3 is 2.87 bits per heavy atom. The first-order valence-electron chi connectivity index (χ1n) is 5.02. The number of ether oxygens (including phenoxy) is 1. The van der Waals surface area contributed by atoms with Gasteiger partial charge in [0.05, 0.1) is 12.3 Å². The Labute approximate surface area is 89.4 Å². The van der Waals surface area contributed by atoms with Gasteiger partial charge in [-0.1, -0.05) is 0 Å². The minimum atomic E-state index is -0.335. The van der Waals surface area contributed by atoms with Crippen molar-refractivity contribution in [2.45, 2.75) is 19.9 Å². The maximum atomic E-state index is 13.3. The van der Waals surface area contributed by atoms with Crippen LogP contribution in [0.25, 0.3) is 0 Å². The van der Waals surface area contributed by atoms with Crippen LogP contribution in [0, 0.1) is 5.82 Å². The van der Waals surface area contributed by atoms with Crippen LogP contribution in [0.1, 0.15) is 13.8 Å². The minimum Gasteiger partial charge on any atom is -0.399 e. The summed E-state index contributed by atoms with van der Waals surface area (Å²) >= 11 is 0. The smallest absolute Gasteiger partial charge is 0.148 e. The van der Waals surface area contributed by atoms with E-state index in [4.69, 9.17) is 10.5 Å². The standard InChI is InChI=1S/C11H17FN2O/c1-3-15-7-8(2)14-11-5-4-9(13)6-10(11)12/h4-6,8,14H,3,7,13H2,1-2H3. The third-order valence-corrected chi connectivity index (χ3v) is 1.97. The van der Waals surface area contributed by atoms with Gasteiger partial charge in [-0.05, 0) is 32.0 Å². The van der Waals surface area contributed by atoms with Crippen molar-refractivity contribution < 1.29 is 9.13 Å². The van der Waals surface area contributed by atoms with Crippen molar-refractivity contribution in [3.05, 3.63) is 24.0 Å². The van der Waals surface area contributed by atoms with Gasteiger partial charge in [-0.2, -0.15) is 0 Å². The molecule has 4 heteroatoms. The molecule has 3 N–H and O–H groups in total. The molecule has 0 spiro atoms. The fraction of sp³-hybridized carbons (Fsp3) is 0.455. The molecule has 0 aliphatic heterocycles. The molecule has 1 aromatic rings. The molecular weight excluding hydrogens is 195 g/mol. The van der Waals surface area contributed by atoms with E-state index in [0.717, 1.165) is 0 Å². The Morgan fingerprint density at radius 1 is 1.53 bits per heavy atom. The molecular formula is C11H17FN2O. The maximum Gasteiger partial charge on any atom is 0.148 e. The van der Waals surface area contributed by atoms with E-state index in [1.807, 2.05) is 13.8 Å². The quantitative estimate of drug-likeness (QED) is 0.736. The van der Waals surface area contributed by atoms with Crippen LogP contribution in [0.4, 0.5) is 15.8 Å². The summed E-state index contributed by atoms with van der Waals surface area (Å²) in [6.07, 6.45) is 0. The molecule has 84 valence electrons. The molecule has 0 saturated carbocycles. The van der Waals surface area contributed by atoms with E-state index in [0.29, 0.717) is 24.6 Å². The van der Waals surface area contributed by atoms with Crippen molar-refractivity contribution in [2.24, 2.45) is 0 Å². The third kappa shape index (κ3) is 3.75. The van der Waals surface area contributed by atoms with Crippen LogP contribution >= 0.6 is 0 Å². The van der Waals surface area contributed by atoms with E-state index in [1.165, 1.54) is 6.07 Å². The predicted octanol–water partition coefficient (Wildman–Crippen LogP) is 2.24. The van der Waals surface area contributed by atoms with E-state index in [-0.39, 0.29) is 11.9 Å². The number of nitrogens with one attached hydrogen (secondary N) is 1. The van der Waals surface area contributed by atoms with Crippen molar-refractivity contribution in [2.75, 3.05) is 24.3 Å². The molecule has 1 rings (SSSR count). The lowest BCUT2D eigenvalue weighted by Gasteiger charge is -2.15. The molecule has 1 atom stereocenters. The number of benzene rings is 1. The Bertz CT molecular complexity index is 317. The van der Waals surface area contributed by atoms with Gasteiger partial charge in [-0.15, -0.1) is 0 Å². The molecule has 0 radical (unpaired) electrons. The van der Waals surface area contributed by atoms with E-state index in [1.54, 1.807) is 12.1 Å². The average Bonchev–Trinajstić information content (AvgIpc) is 2.19. The molecule has 1 aromatic carbocycles. The second kappa shape index (κ2) is 5.56. The van der Waals surface area contributed by atoms with Gasteiger partial charge in [-0.3, -0.25) is 0 Å². The first kappa shape index (κ1) is 11.8. The lowest BCUT2D eigenvalue weighted by molar-refractivity contribution is 0.141. The van der Waals surface area contributed by atoms with E-state index in [2.05, 4.69) is 5.32 Å². The summed E-state index contributed by atoms with van der Waals surface area (Å²) in [5, 5.41) is 3.02. The van der Waals surface area contributed by atoms with Crippen LogP contribution in [0.5, 0.6) is 0 Å².